The van der Waals surface area contributed by atoms with Crippen LogP contribution in [0.3, 0.4) is 0 Å². The molecule has 1 fully saturated rings. The van der Waals surface area contributed by atoms with E-state index in [0.29, 0.717) is 6.07 Å². The molecule has 2 N–H and O–H groups in total. The number of nitro benzene ring substituents is 2. The molecule has 0 aliphatic carbocycles. The van der Waals surface area contributed by atoms with E-state index in [9.17, 15) is 44.5 Å². The van der Waals surface area contributed by atoms with E-state index < -0.39 is 62.0 Å². The van der Waals surface area contributed by atoms with Crippen LogP contribution in [0.15, 0.2) is 29.5 Å². The predicted molar refractivity (Wildman–Crippen MR) is 105 cm³/mol. The molecule has 0 saturated carbocycles. The van der Waals surface area contributed by atoms with Gasteiger partial charge >= 0.3 is 11.9 Å². The van der Waals surface area contributed by atoms with Gasteiger partial charge in [0.05, 0.1) is 21.5 Å². The van der Waals surface area contributed by atoms with Gasteiger partial charge < -0.3 is 15.2 Å². The largest absolute Gasteiger partial charge is 0.477 e. The van der Waals surface area contributed by atoms with Crippen LogP contribution in [-0.4, -0.2) is 67.4 Å². The molecule has 15 heteroatoms. The Bertz CT molecular complexity index is 1070. The lowest BCUT2D eigenvalue weighted by Crippen LogP contribution is -2.70. The lowest BCUT2D eigenvalue weighted by atomic mass is 10.0. The SMILES string of the molecule is CC(=O)OCC1=C(C(=O)O)N2C(=O)[C@@H](NC(=O)c3cc([N+](=O)[O-])cc([N+](=O)[O-])c3)[C@@H]2SC1. The normalized spacial score (nSPS) is 19.5. The maximum Gasteiger partial charge on any atom is 0.352 e. The van der Waals surface area contributed by atoms with Gasteiger partial charge in [0.15, 0.2) is 0 Å². The Kier molecular flexibility index (Phi) is 6.11. The molecule has 0 spiro atoms. The number of fused-ring (bicyclic) bond motifs is 1. The van der Waals surface area contributed by atoms with Crippen molar-refractivity contribution in [3.63, 3.8) is 0 Å². The number of ether oxygens (including phenoxy) is 1. The van der Waals surface area contributed by atoms with Crippen LogP contribution in [-0.2, 0) is 19.1 Å². The van der Waals surface area contributed by atoms with Crippen molar-refractivity contribution in [3.8, 4) is 0 Å². The summed E-state index contributed by atoms with van der Waals surface area (Å²) in [5, 5.41) is 33.1. The van der Waals surface area contributed by atoms with Gasteiger partial charge in [0.25, 0.3) is 23.2 Å². The number of non-ortho nitro benzene ring substituents is 2. The average Bonchev–Trinajstić information content (AvgIpc) is 2.74. The number of nitrogens with zero attached hydrogens (tertiary/aromatic N) is 3. The summed E-state index contributed by atoms with van der Waals surface area (Å²) < 4.78 is 4.82. The van der Waals surface area contributed by atoms with Crippen molar-refractivity contribution in [1.82, 2.24) is 10.2 Å². The summed E-state index contributed by atoms with van der Waals surface area (Å²) in [5.74, 6) is -3.65. The summed E-state index contributed by atoms with van der Waals surface area (Å²) in [5.41, 5.74) is -1.89. The smallest absolute Gasteiger partial charge is 0.352 e. The van der Waals surface area contributed by atoms with Crippen LogP contribution in [0, 0.1) is 20.2 Å². The number of thioether (sulfide) groups is 1. The van der Waals surface area contributed by atoms with Crippen molar-refractivity contribution in [1.29, 1.82) is 0 Å². The fourth-order valence-electron chi connectivity index (χ4n) is 3.14. The Morgan fingerprint density at radius 2 is 1.81 bits per heavy atom. The average molecular weight is 466 g/mol. The van der Waals surface area contributed by atoms with Gasteiger partial charge in [-0.3, -0.25) is 39.5 Å². The van der Waals surface area contributed by atoms with E-state index in [4.69, 9.17) is 4.74 Å². The van der Waals surface area contributed by atoms with Gasteiger partial charge in [-0.15, -0.1) is 11.8 Å². The van der Waals surface area contributed by atoms with E-state index in [1.807, 2.05) is 0 Å². The second-order valence-electron chi connectivity index (χ2n) is 6.65. The van der Waals surface area contributed by atoms with Gasteiger partial charge in [-0.1, -0.05) is 0 Å². The quantitative estimate of drug-likeness (QED) is 0.244. The fourth-order valence-corrected chi connectivity index (χ4v) is 4.47. The molecule has 1 aromatic rings. The van der Waals surface area contributed by atoms with Crippen LogP contribution in [0.5, 0.6) is 0 Å². The van der Waals surface area contributed by atoms with Crippen molar-refractivity contribution in [2.45, 2.75) is 18.3 Å². The van der Waals surface area contributed by atoms with Crippen LogP contribution >= 0.6 is 11.8 Å². The molecular formula is C17H14N4O10S. The van der Waals surface area contributed by atoms with Gasteiger partial charge in [0, 0.05) is 30.4 Å². The van der Waals surface area contributed by atoms with Crippen molar-refractivity contribution in [2.24, 2.45) is 0 Å². The summed E-state index contributed by atoms with van der Waals surface area (Å²) in [6.45, 7) is 0.841. The number of rotatable bonds is 7. The molecule has 14 nitrogen and oxygen atoms in total. The number of esters is 1. The number of hydrogen-bond donors (Lipinski definition) is 2. The third-order valence-electron chi connectivity index (χ3n) is 4.57. The zero-order chi connectivity index (χ0) is 23.7. The highest BCUT2D eigenvalue weighted by atomic mass is 32.2. The maximum absolute atomic E-state index is 12.6. The van der Waals surface area contributed by atoms with E-state index in [0.717, 1.165) is 35.7 Å². The van der Waals surface area contributed by atoms with Crippen LogP contribution in [0.4, 0.5) is 11.4 Å². The molecule has 2 amide bonds. The number of β-lactam (4-membered cyclic amide) rings is 1. The monoisotopic (exact) mass is 466 g/mol. The number of carbonyl (C=O) groups is 4. The van der Waals surface area contributed by atoms with Crippen LogP contribution in [0.1, 0.15) is 17.3 Å². The number of carbonyl (C=O) groups excluding carboxylic acids is 3. The number of carboxylic acid groups (broad SMARTS) is 1. The van der Waals surface area contributed by atoms with E-state index in [-0.39, 0.29) is 23.6 Å². The summed E-state index contributed by atoms with van der Waals surface area (Å²) >= 11 is 1.12. The standard InChI is InChI=1S/C17H14N4O10S/c1-7(22)31-5-9-6-32-16-12(15(24)19(16)13(9)17(25)26)18-14(23)8-2-10(20(27)28)4-11(3-8)21(29)30/h2-4,12,16H,5-6H2,1H3,(H,18,23)(H,25,26)/t12-,16+/m1/s1. The van der Waals surface area contributed by atoms with E-state index >= 15 is 0 Å². The third-order valence-corrected chi connectivity index (χ3v) is 5.91. The van der Waals surface area contributed by atoms with Crippen molar-refractivity contribution in [3.05, 3.63) is 55.3 Å². The molecule has 1 saturated heterocycles. The summed E-state index contributed by atoms with van der Waals surface area (Å²) in [6.07, 6.45) is 0. The van der Waals surface area contributed by atoms with Crippen LogP contribution < -0.4 is 5.32 Å². The molecule has 0 radical (unpaired) electrons. The highest BCUT2D eigenvalue weighted by Gasteiger charge is 2.54. The van der Waals surface area contributed by atoms with Crippen LogP contribution in [0.2, 0.25) is 0 Å². The summed E-state index contributed by atoms with van der Waals surface area (Å²) in [6, 6.07) is 1.20. The number of benzene rings is 1. The number of carboxylic acids is 1. The predicted octanol–water partition coefficient (Wildman–Crippen LogP) is 0.418. The second-order valence-corrected chi connectivity index (χ2v) is 7.76. The number of hydrogen-bond acceptors (Lipinski definition) is 10. The van der Waals surface area contributed by atoms with Gasteiger partial charge in [0.2, 0.25) is 0 Å². The molecule has 0 unspecified atom stereocenters. The van der Waals surface area contributed by atoms with Crippen molar-refractivity contribution >= 4 is 46.9 Å². The Labute approximate surface area is 182 Å². The molecule has 0 aromatic heterocycles. The molecule has 2 atom stereocenters. The fraction of sp³-hybridized carbons (Fsp3) is 0.294. The lowest BCUT2D eigenvalue weighted by Gasteiger charge is -2.49. The first-order valence-corrected chi connectivity index (χ1v) is 9.84. The molecule has 32 heavy (non-hydrogen) atoms. The summed E-state index contributed by atoms with van der Waals surface area (Å²) in [7, 11) is 0. The number of aliphatic carboxylic acids is 1. The molecule has 2 heterocycles. The van der Waals surface area contributed by atoms with Crippen LogP contribution in [0.25, 0.3) is 0 Å². The highest BCUT2D eigenvalue weighted by molar-refractivity contribution is 8.00. The van der Waals surface area contributed by atoms with E-state index in [2.05, 4.69) is 5.32 Å². The Morgan fingerprint density at radius 3 is 2.31 bits per heavy atom. The molecule has 2 aliphatic heterocycles. The number of nitrogens with one attached hydrogen (secondary N) is 1. The van der Waals surface area contributed by atoms with E-state index in [1.54, 1.807) is 0 Å². The first-order valence-electron chi connectivity index (χ1n) is 8.79. The lowest BCUT2D eigenvalue weighted by molar-refractivity contribution is -0.394. The third kappa shape index (κ3) is 4.22. The second kappa shape index (κ2) is 8.62. The van der Waals surface area contributed by atoms with Crippen molar-refractivity contribution in [2.75, 3.05) is 12.4 Å². The molecule has 3 rings (SSSR count). The number of nitro groups is 2. The molecule has 168 valence electrons. The Morgan fingerprint density at radius 1 is 1.22 bits per heavy atom. The first kappa shape index (κ1) is 22.7. The van der Waals surface area contributed by atoms with Crippen molar-refractivity contribution < 1.29 is 38.9 Å². The Hall–Kier alpha value is -4.01. The summed E-state index contributed by atoms with van der Waals surface area (Å²) in [4.78, 5) is 69.0. The molecular weight excluding hydrogens is 452 g/mol. The topological polar surface area (TPSA) is 199 Å². The highest BCUT2D eigenvalue weighted by Crippen LogP contribution is 2.40. The first-order chi connectivity index (χ1) is 15.0. The minimum atomic E-state index is -1.41. The zero-order valence-electron chi connectivity index (χ0n) is 16.2. The minimum absolute atomic E-state index is 0.109. The molecule has 1 aromatic carbocycles. The maximum atomic E-state index is 12.6. The molecule has 2 aliphatic rings. The zero-order valence-corrected chi connectivity index (χ0v) is 17.0. The van der Waals surface area contributed by atoms with Gasteiger partial charge in [-0.2, -0.15) is 0 Å². The number of amides is 2. The van der Waals surface area contributed by atoms with Gasteiger partial charge in [0.1, 0.15) is 23.7 Å². The van der Waals surface area contributed by atoms with Gasteiger partial charge in [-0.25, -0.2) is 4.79 Å². The Balaban J connectivity index is 1.82. The van der Waals surface area contributed by atoms with E-state index in [1.165, 1.54) is 0 Å². The van der Waals surface area contributed by atoms with Gasteiger partial charge in [-0.05, 0) is 0 Å². The molecule has 0 bridgehead atoms. The minimum Gasteiger partial charge on any atom is -0.477 e.